The molecule has 1 aliphatic rings. The Kier molecular flexibility index (Phi) is 5.61. The van der Waals surface area contributed by atoms with Crippen molar-refractivity contribution in [2.45, 2.75) is 17.7 Å². The molecule has 0 bridgehead atoms. The maximum absolute atomic E-state index is 12.5. The van der Waals surface area contributed by atoms with Gasteiger partial charge < -0.3 is 10.5 Å². The highest BCUT2D eigenvalue weighted by Gasteiger charge is 2.32. The van der Waals surface area contributed by atoms with Gasteiger partial charge in [0.2, 0.25) is 10.0 Å². The molecule has 23 heavy (non-hydrogen) atoms. The van der Waals surface area contributed by atoms with Crippen LogP contribution in [-0.4, -0.2) is 44.3 Å². The Morgan fingerprint density at radius 2 is 1.78 bits per heavy atom. The van der Waals surface area contributed by atoms with Gasteiger partial charge in [-0.25, -0.2) is 8.42 Å². The van der Waals surface area contributed by atoms with Crippen molar-refractivity contribution < 1.29 is 22.7 Å². The van der Waals surface area contributed by atoms with E-state index in [1.165, 1.54) is 28.6 Å². The zero-order valence-corrected chi connectivity index (χ0v) is 13.8. The van der Waals surface area contributed by atoms with Gasteiger partial charge in [0.15, 0.2) is 6.61 Å². The van der Waals surface area contributed by atoms with E-state index in [0.29, 0.717) is 17.9 Å². The van der Waals surface area contributed by atoms with Crippen LogP contribution in [0.2, 0.25) is 5.02 Å². The number of rotatable bonds is 5. The topological polar surface area (TPSA) is 107 Å². The number of halogens is 1. The lowest BCUT2D eigenvalue weighted by Crippen LogP contribution is -2.40. The molecule has 0 atom stereocenters. The number of sulfonamides is 1. The summed E-state index contributed by atoms with van der Waals surface area (Å²) >= 11 is 5.76. The zero-order chi connectivity index (χ0) is 17.0. The fourth-order valence-electron chi connectivity index (χ4n) is 2.35. The van der Waals surface area contributed by atoms with E-state index in [2.05, 4.69) is 0 Å². The third-order valence-electron chi connectivity index (χ3n) is 3.60. The van der Waals surface area contributed by atoms with Gasteiger partial charge >= 0.3 is 5.97 Å². The molecule has 0 aromatic heterocycles. The van der Waals surface area contributed by atoms with Crippen LogP contribution in [0.1, 0.15) is 12.8 Å². The van der Waals surface area contributed by atoms with Gasteiger partial charge in [-0.2, -0.15) is 4.31 Å². The zero-order valence-electron chi connectivity index (χ0n) is 12.3. The van der Waals surface area contributed by atoms with E-state index in [9.17, 15) is 18.0 Å². The maximum Gasteiger partial charge on any atom is 0.309 e. The van der Waals surface area contributed by atoms with Crippen molar-refractivity contribution in [3.63, 3.8) is 0 Å². The van der Waals surface area contributed by atoms with Crippen molar-refractivity contribution in [3.8, 4) is 0 Å². The van der Waals surface area contributed by atoms with Gasteiger partial charge in [0, 0.05) is 18.1 Å². The van der Waals surface area contributed by atoms with Crippen molar-refractivity contribution in [1.29, 1.82) is 0 Å². The summed E-state index contributed by atoms with van der Waals surface area (Å²) in [4.78, 5) is 22.5. The van der Waals surface area contributed by atoms with Crippen LogP contribution in [0, 0.1) is 5.92 Å². The van der Waals surface area contributed by atoms with E-state index in [-0.39, 0.29) is 18.0 Å². The average molecular weight is 361 g/mol. The SMILES string of the molecule is NC(=O)COC(=O)C1CCN(S(=O)(=O)c2ccc(Cl)cc2)CC1. The van der Waals surface area contributed by atoms with Gasteiger partial charge in [0.1, 0.15) is 0 Å². The van der Waals surface area contributed by atoms with Crippen LogP contribution in [0.5, 0.6) is 0 Å². The lowest BCUT2D eigenvalue weighted by Gasteiger charge is -2.30. The van der Waals surface area contributed by atoms with Gasteiger partial charge in [-0.3, -0.25) is 9.59 Å². The minimum atomic E-state index is -3.61. The van der Waals surface area contributed by atoms with Gasteiger partial charge in [-0.1, -0.05) is 11.6 Å². The number of nitrogens with two attached hydrogens (primary N) is 1. The molecule has 0 unspecified atom stereocenters. The Hall–Kier alpha value is -1.64. The summed E-state index contributed by atoms with van der Waals surface area (Å²) in [5, 5.41) is 0.458. The molecule has 1 aromatic carbocycles. The summed E-state index contributed by atoms with van der Waals surface area (Å²) < 4.78 is 31.1. The van der Waals surface area contributed by atoms with Crippen LogP contribution in [0.4, 0.5) is 0 Å². The first-order valence-electron chi connectivity index (χ1n) is 7.01. The molecule has 1 saturated heterocycles. The van der Waals surface area contributed by atoms with Crippen molar-refractivity contribution in [2.24, 2.45) is 11.7 Å². The molecule has 0 radical (unpaired) electrons. The normalized spacial score (nSPS) is 16.9. The number of amides is 1. The Morgan fingerprint density at radius 1 is 1.22 bits per heavy atom. The highest BCUT2D eigenvalue weighted by Crippen LogP contribution is 2.25. The second-order valence-corrected chi connectivity index (χ2v) is 7.58. The van der Waals surface area contributed by atoms with E-state index >= 15 is 0 Å². The Labute approximate surface area is 139 Å². The largest absolute Gasteiger partial charge is 0.455 e. The minimum absolute atomic E-state index is 0.164. The molecular formula is C14H17ClN2O5S. The number of hydrogen-bond donors (Lipinski definition) is 1. The van der Waals surface area contributed by atoms with E-state index < -0.39 is 34.4 Å². The molecule has 0 spiro atoms. The standard InChI is InChI=1S/C14H17ClN2O5S/c15-11-1-3-12(4-2-11)23(20,21)17-7-5-10(6-8-17)14(19)22-9-13(16)18/h1-4,10H,5-9H2,(H2,16,18). The van der Waals surface area contributed by atoms with Crippen LogP contribution < -0.4 is 5.73 Å². The van der Waals surface area contributed by atoms with Crippen molar-refractivity contribution in [2.75, 3.05) is 19.7 Å². The van der Waals surface area contributed by atoms with Crippen LogP contribution >= 0.6 is 11.6 Å². The lowest BCUT2D eigenvalue weighted by atomic mass is 9.98. The summed E-state index contributed by atoms with van der Waals surface area (Å²) in [6.45, 7) is -0.0370. The maximum atomic E-state index is 12.5. The molecule has 2 N–H and O–H groups in total. The monoisotopic (exact) mass is 360 g/mol. The number of benzene rings is 1. The molecule has 126 valence electrons. The first-order chi connectivity index (χ1) is 10.8. The number of carbonyl (C=O) groups is 2. The summed E-state index contributed by atoms with van der Waals surface area (Å²) in [6.07, 6.45) is 0.675. The van der Waals surface area contributed by atoms with Gasteiger partial charge in [-0.05, 0) is 37.1 Å². The summed E-state index contributed by atoms with van der Waals surface area (Å²) in [7, 11) is -3.61. The van der Waals surface area contributed by atoms with Crippen LogP contribution in [-0.2, 0) is 24.3 Å². The number of carbonyl (C=O) groups excluding carboxylic acids is 2. The Balaban J connectivity index is 1.97. The summed E-state index contributed by atoms with van der Waals surface area (Å²) in [5.74, 6) is -1.67. The van der Waals surface area contributed by atoms with Crippen molar-refractivity contribution >= 4 is 33.5 Å². The molecule has 1 heterocycles. The Morgan fingerprint density at radius 3 is 2.30 bits per heavy atom. The van der Waals surface area contributed by atoms with Crippen LogP contribution in [0.25, 0.3) is 0 Å². The average Bonchev–Trinajstić information content (AvgIpc) is 2.53. The highest BCUT2D eigenvalue weighted by atomic mass is 35.5. The molecule has 1 fully saturated rings. The number of ether oxygens (including phenoxy) is 1. The number of esters is 1. The number of hydrogen-bond acceptors (Lipinski definition) is 5. The van der Waals surface area contributed by atoms with Crippen LogP contribution in [0.3, 0.4) is 0 Å². The molecule has 0 saturated carbocycles. The predicted octanol–water partition coefficient (Wildman–Crippen LogP) is 0.769. The van der Waals surface area contributed by atoms with Crippen LogP contribution in [0.15, 0.2) is 29.2 Å². The summed E-state index contributed by atoms with van der Waals surface area (Å²) in [6, 6.07) is 5.93. The van der Waals surface area contributed by atoms with Crippen molar-refractivity contribution in [1.82, 2.24) is 4.31 Å². The quantitative estimate of drug-likeness (QED) is 0.780. The van der Waals surface area contributed by atoms with E-state index in [0.717, 1.165) is 0 Å². The number of nitrogens with zero attached hydrogens (tertiary/aromatic N) is 1. The van der Waals surface area contributed by atoms with Crippen molar-refractivity contribution in [3.05, 3.63) is 29.3 Å². The third-order valence-corrected chi connectivity index (χ3v) is 5.76. The smallest absolute Gasteiger partial charge is 0.309 e. The first-order valence-corrected chi connectivity index (χ1v) is 8.83. The van der Waals surface area contributed by atoms with Gasteiger partial charge in [-0.15, -0.1) is 0 Å². The number of piperidine rings is 1. The molecule has 1 amide bonds. The molecule has 0 aliphatic carbocycles. The molecular weight excluding hydrogens is 344 g/mol. The Bertz CT molecular complexity index is 682. The van der Waals surface area contributed by atoms with E-state index in [1.807, 2.05) is 0 Å². The highest BCUT2D eigenvalue weighted by molar-refractivity contribution is 7.89. The lowest BCUT2D eigenvalue weighted by molar-refractivity contribution is -0.153. The second-order valence-electron chi connectivity index (χ2n) is 5.21. The molecule has 7 nitrogen and oxygen atoms in total. The van der Waals surface area contributed by atoms with Gasteiger partial charge in [0.05, 0.1) is 10.8 Å². The molecule has 1 aliphatic heterocycles. The molecule has 1 aromatic rings. The second kappa shape index (κ2) is 7.29. The minimum Gasteiger partial charge on any atom is -0.455 e. The molecule has 9 heteroatoms. The predicted molar refractivity (Wildman–Crippen MR) is 83.1 cm³/mol. The fraction of sp³-hybridized carbons (Fsp3) is 0.429. The van der Waals surface area contributed by atoms with E-state index in [4.69, 9.17) is 22.1 Å². The molecule has 2 rings (SSSR count). The fourth-order valence-corrected chi connectivity index (χ4v) is 3.94. The summed E-state index contributed by atoms with van der Waals surface area (Å²) in [5.41, 5.74) is 4.91. The number of primary amides is 1. The van der Waals surface area contributed by atoms with Gasteiger partial charge in [0.25, 0.3) is 5.91 Å². The van der Waals surface area contributed by atoms with E-state index in [1.54, 1.807) is 0 Å². The third kappa shape index (κ3) is 4.43. The first kappa shape index (κ1) is 17.7.